The third kappa shape index (κ3) is 21.3. The van der Waals surface area contributed by atoms with Gasteiger partial charge in [0.25, 0.3) is 0 Å². The van der Waals surface area contributed by atoms with Crippen molar-refractivity contribution in [3.8, 4) is 0 Å². The number of ether oxygens (including phenoxy) is 13. The van der Waals surface area contributed by atoms with Crippen LogP contribution in [-0.4, -0.2) is 242 Å². The van der Waals surface area contributed by atoms with Crippen LogP contribution in [-0.2, 0) is 76.0 Å². The molecule has 6 fully saturated rings. The van der Waals surface area contributed by atoms with Gasteiger partial charge >= 0.3 is 17.9 Å². The van der Waals surface area contributed by atoms with Gasteiger partial charge < -0.3 is 113 Å². The van der Waals surface area contributed by atoms with Crippen LogP contribution in [0.3, 0.4) is 0 Å². The van der Waals surface area contributed by atoms with Crippen molar-refractivity contribution in [1.29, 1.82) is 0 Å². The molecule has 0 bridgehead atoms. The Morgan fingerprint density at radius 1 is 0.483 bits per heavy atom. The first-order chi connectivity index (χ1) is 42.7. The number of carbonyl (C=O) groups excluding carboxylic acids is 3. The number of esters is 3. The highest BCUT2D eigenvalue weighted by atomic mass is 16.8. The molecule has 1 unspecified atom stereocenters. The SMILES string of the molecule is CCCCCCCCCCCC(=O)O[C@@H]1[C@@H](O)[C@@H](O)[C@H](O[C@@H]2[C@@H](O[C@@H]3O[C@H](CO)[C@@H](O)[C@H](O)[C@H]3O)[C@@H](OC(=O)[C@@H](C)CC)[C@H](O[C@@H]3[C@@H](O)[C@H]4OC(=O)CCCCCCCCCC(CCCCC)O[C@@H]5O[C@H](CO)[C@H](O)[C@H](O)[C@H]5O[C@@H]4O[C@H]3C)O[C@H]2C)O[C@H]1C. The van der Waals surface area contributed by atoms with Crippen molar-refractivity contribution >= 4 is 17.9 Å². The number of carbonyl (C=O) groups is 3. The number of rotatable bonds is 26. The highest BCUT2D eigenvalue weighted by Crippen LogP contribution is 2.40. The van der Waals surface area contributed by atoms with Gasteiger partial charge in [-0.15, -0.1) is 0 Å². The molecule has 6 heterocycles. The van der Waals surface area contributed by atoms with Gasteiger partial charge in [-0.2, -0.15) is 0 Å². The molecule has 0 aromatic carbocycles. The summed E-state index contributed by atoms with van der Waals surface area (Å²) in [5, 5.41) is 113. The Kier molecular flexibility index (Phi) is 32.5. The van der Waals surface area contributed by atoms with Crippen molar-refractivity contribution in [3.05, 3.63) is 0 Å². The number of unbranched alkanes of at least 4 members (excludes halogenated alkanes) is 10. The second-order valence-corrected chi connectivity index (χ2v) is 25.4. The molecule has 0 amide bonds. The van der Waals surface area contributed by atoms with Crippen LogP contribution < -0.4 is 0 Å². The third-order valence-electron chi connectivity index (χ3n) is 18.2. The lowest BCUT2D eigenvalue weighted by molar-refractivity contribution is -0.400. The Bertz CT molecular complexity index is 2030. The van der Waals surface area contributed by atoms with E-state index in [2.05, 4.69) is 13.8 Å². The van der Waals surface area contributed by atoms with Crippen LogP contribution in [0.15, 0.2) is 0 Å². The highest BCUT2D eigenvalue weighted by molar-refractivity contribution is 5.72. The molecule has 10 N–H and O–H groups in total. The van der Waals surface area contributed by atoms with Gasteiger partial charge in [-0.05, 0) is 52.9 Å². The Morgan fingerprint density at radius 3 is 1.67 bits per heavy atom. The maximum Gasteiger partial charge on any atom is 0.309 e. The topological polar surface area (TPSA) is 374 Å². The van der Waals surface area contributed by atoms with Gasteiger partial charge in [-0.3, -0.25) is 14.4 Å². The van der Waals surface area contributed by atoms with Crippen molar-refractivity contribution < 1.29 is 127 Å². The molecular formula is C63H110O26. The summed E-state index contributed by atoms with van der Waals surface area (Å²) in [6, 6.07) is 0. The molecule has 26 heteroatoms. The fourth-order valence-electron chi connectivity index (χ4n) is 12.4. The van der Waals surface area contributed by atoms with Crippen molar-refractivity contribution in [2.45, 2.75) is 362 Å². The van der Waals surface area contributed by atoms with Crippen LogP contribution in [0.1, 0.15) is 203 Å². The number of aliphatic hydroxyl groups is 10. The standard InChI is InChI=1S/C63H110O26/c1-8-11-13-14-15-16-19-22-26-30-41(66)83-51-35(5)77-59(49(74)47(51)72)87-53-37(7)79-63(57(85-58(76)34(4)10-3)56(53)89-60-48(73)45(70)43(68)39(32-64)81-60)86-52-36(6)78-61-55(50(52)75)84-42(67)31-27-23-20-17-18-21-25-29-38(28-24-12-9-2)80-62-54(88-61)46(71)44(69)40(33-65)82-62/h34-40,43-57,59-65,68-75H,8-33H2,1-7H3/t34-,35-,36-,37-,38?,39+,40+,43+,44-,45-,46-,47-,48+,49+,50+,51-,52-,53-,54+,55+,56+,57+,59-,60-,61-,62+,63-/m0/s1. The van der Waals surface area contributed by atoms with E-state index in [1.165, 1.54) is 46.5 Å². The van der Waals surface area contributed by atoms with Gasteiger partial charge in [-0.1, -0.05) is 137 Å². The van der Waals surface area contributed by atoms with E-state index in [0.717, 1.165) is 77.0 Å². The Labute approximate surface area is 524 Å². The minimum Gasteiger partial charge on any atom is -0.457 e. The van der Waals surface area contributed by atoms with E-state index in [-0.39, 0.29) is 25.4 Å². The van der Waals surface area contributed by atoms with E-state index in [1.807, 2.05) is 0 Å². The van der Waals surface area contributed by atoms with E-state index < -0.39 is 191 Å². The molecule has 27 atom stereocenters. The summed E-state index contributed by atoms with van der Waals surface area (Å²) in [6.07, 6.45) is -22.3. The highest BCUT2D eigenvalue weighted by Gasteiger charge is 2.59. The van der Waals surface area contributed by atoms with Gasteiger partial charge in [0, 0.05) is 12.8 Å². The van der Waals surface area contributed by atoms with Crippen molar-refractivity contribution in [2.75, 3.05) is 13.2 Å². The molecule has 0 spiro atoms. The molecule has 6 aliphatic rings. The second-order valence-electron chi connectivity index (χ2n) is 25.4. The Balaban J connectivity index is 1.30. The van der Waals surface area contributed by atoms with Crippen LogP contribution in [0.2, 0.25) is 0 Å². The zero-order chi connectivity index (χ0) is 64.9. The molecule has 0 radical (unpaired) electrons. The van der Waals surface area contributed by atoms with E-state index >= 15 is 0 Å². The van der Waals surface area contributed by atoms with Crippen LogP contribution >= 0.6 is 0 Å². The summed E-state index contributed by atoms with van der Waals surface area (Å²) < 4.78 is 81.6. The molecule has 518 valence electrons. The summed E-state index contributed by atoms with van der Waals surface area (Å²) in [6.45, 7) is 10.5. The average molecular weight is 1280 g/mol. The predicted octanol–water partition coefficient (Wildman–Crippen LogP) is 3.28. The van der Waals surface area contributed by atoms with Crippen LogP contribution in [0.5, 0.6) is 0 Å². The molecule has 0 aliphatic carbocycles. The molecule has 6 aliphatic heterocycles. The van der Waals surface area contributed by atoms with Gasteiger partial charge in [0.2, 0.25) is 0 Å². The average Bonchev–Trinajstić information content (AvgIpc) is 0.844. The number of fused-ring (bicyclic) bond motifs is 2. The predicted molar refractivity (Wildman–Crippen MR) is 314 cm³/mol. The fraction of sp³-hybridized carbons (Fsp3) is 0.952. The Morgan fingerprint density at radius 2 is 1.01 bits per heavy atom. The maximum absolute atomic E-state index is 14.1. The summed E-state index contributed by atoms with van der Waals surface area (Å²) in [5.74, 6) is -2.97. The van der Waals surface area contributed by atoms with Crippen molar-refractivity contribution in [2.24, 2.45) is 5.92 Å². The number of hydrogen-bond donors (Lipinski definition) is 10. The van der Waals surface area contributed by atoms with Crippen molar-refractivity contribution in [1.82, 2.24) is 0 Å². The van der Waals surface area contributed by atoms with E-state index in [1.54, 1.807) is 13.8 Å². The quantitative estimate of drug-likeness (QED) is 0.0337. The van der Waals surface area contributed by atoms with Crippen molar-refractivity contribution in [3.63, 3.8) is 0 Å². The molecule has 6 rings (SSSR count). The van der Waals surface area contributed by atoms with Crippen LogP contribution in [0.25, 0.3) is 0 Å². The normalized spacial score (nSPS) is 41.0. The van der Waals surface area contributed by atoms with E-state index in [4.69, 9.17) is 61.6 Å². The lowest BCUT2D eigenvalue weighted by Gasteiger charge is -2.51. The van der Waals surface area contributed by atoms with E-state index in [9.17, 15) is 65.4 Å². The monoisotopic (exact) mass is 1280 g/mol. The molecule has 6 saturated heterocycles. The first-order valence-corrected chi connectivity index (χ1v) is 33.5. The lowest BCUT2D eigenvalue weighted by atomic mass is 9.95. The molecular weight excluding hydrogens is 1170 g/mol. The molecule has 0 aromatic heterocycles. The van der Waals surface area contributed by atoms with Gasteiger partial charge in [-0.25, -0.2) is 0 Å². The molecule has 0 aromatic rings. The summed E-state index contributed by atoms with van der Waals surface area (Å²) >= 11 is 0. The molecule has 26 nitrogen and oxygen atoms in total. The van der Waals surface area contributed by atoms with Gasteiger partial charge in [0.1, 0.15) is 85.5 Å². The first-order valence-electron chi connectivity index (χ1n) is 33.5. The summed E-state index contributed by atoms with van der Waals surface area (Å²) in [7, 11) is 0. The minimum atomic E-state index is -2.03. The van der Waals surface area contributed by atoms with Crippen LogP contribution in [0, 0.1) is 5.92 Å². The zero-order valence-electron chi connectivity index (χ0n) is 53.5. The number of aliphatic hydroxyl groups excluding tert-OH is 10. The smallest absolute Gasteiger partial charge is 0.309 e. The van der Waals surface area contributed by atoms with E-state index in [0.29, 0.717) is 32.1 Å². The summed E-state index contributed by atoms with van der Waals surface area (Å²) in [4.78, 5) is 41.1. The number of hydrogen-bond acceptors (Lipinski definition) is 26. The largest absolute Gasteiger partial charge is 0.457 e. The third-order valence-corrected chi connectivity index (χ3v) is 18.2. The zero-order valence-corrected chi connectivity index (χ0v) is 53.5. The van der Waals surface area contributed by atoms with Crippen LogP contribution in [0.4, 0.5) is 0 Å². The maximum atomic E-state index is 14.1. The molecule has 89 heavy (non-hydrogen) atoms. The lowest BCUT2D eigenvalue weighted by Crippen LogP contribution is -2.68. The second kappa shape index (κ2) is 38.2. The first kappa shape index (κ1) is 75.6. The Hall–Kier alpha value is -2.39. The molecule has 0 saturated carbocycles. The fourth-order valence-corrected chi connectivity index (χ4v) is 12.4. The summed E-state index contributed by atoms with van der Waals surface area (Å²) in [5.41, 5.74) is 0. The minimum absolute atomic E-state index is 0.0656. The van der Waals surface area contributed by atoms with Gasteiger partial charge in [0.15, 0.2) is 49.8 Å². The van der Waals surface area contributed by atoms with Gasteiger partial charge in [0.05, 0.1) is 43.5 Å².